The average Bonchev–Trinajstić information content (AvgIpc) is 3.72. The first kappa shape index (κ1) is 51.2. The number of rotatable bonds is 12. The molecule has 6 rings (SSSR count). The van der Waals surface area contributed by atoms with Crippen LogP contribution in [-0.4, -0.2) is 56.2 Å². The number of anilines is 2. The van der Waals surface area contributed by atoms with Crippen LogP contribution < -0.4 is 20.9 Å². The van der Waals surface area contributed by atoms with Gasteiger partial charge in [-0.2, -0.15) is 26.3 Å². The van der Waals surface area contributed by atoms with Crippen molar-refractivity contribution < 1.29 is 62.3 Å². The number of benzene rings is 4. The van der Waals surface area contributed by atoms with Crippen LogP contribution in [-0.2, 0) is 45.2 Å². The van der Waals surface area contributed by atoms with Gasteiger partial charge in [0.1, 0.15) is 0 Å². The van der Waals surface area contributed by atoms with Crippen molar-refractivity contribution in [3.63, 3.8) is 0 Å². The van der Waals surface area contributed by atoms with Crippen molar-refractivity contribution in [1.82, 2.24) is 9.13 Å². The number of nitrogens with two attached hydrogens (primary N) is 2. The van der Waals surface area contributed by atoms with E-state index in [1.165, 1.54) is 102 Å². The Kier molecular flexibility index (Phi) is 15.5. The van der Waals surface area contributed by atoms with Gasteiger partial charge in [-0.15, -0.1) is 0 Å². The lowest BCUT2D eigenvalue weighted by Gasteiger charge is -2.18. The maximum absolute atomic E-state index is 13.7. The lowest BCUT2D eigenvalue weighted by Crippen LogP contribution is -2.16. The first-order valence-corrected chi connectivity index (χ1v) is 22.7. The third kappa shape index (κ3) is 12.0. The Morgan fingerprint density at radius 1 is 0.606 bits per heavy atom. The van der Waals surface area contributed by atoms with Crippen molar-refractivity contribution in [1.29, 1.82) is 0 Å². The highest BCUT2D eigenvalue weighted by Gasteiger charge is 2.37. The van der Waals surface area contributed by atoms with Gasteiger partial charge in [-0.1, -0.05) is 23.2 Å². The van der Waals surface area contributed by atoms with E-state index in [0.717, 1.165) is 18.2 Å². The van der Waals surface area contributed by atoms with E-state index in [1.54, 1.807) is 0 Å². The summed E-state index contributed by atoms with van der Waals surface area (Å²) in [6, 6.07) is 19.3. The third-order valence-corrected chi connectivity index (χ3v) is 12.1. The van der Waals surface area contributed by atoms with Crippen molar-refractivity contribution >= 4 is 66.4 Å². The number of aliphatic hydroxyl groups is 1. The van der Waals surface area contributed by atoms with Crippen LogP contribution in [0.25, 0.3) is 11.4 Å². The molecule has 24 heteroatoms. The minimum atomic E-state index is -4.74. The first-order chi connectivity index (χ1) is 30.6. The van der Waals surface area contributed by atoms with E-state index < -0.39 is 62.0 Å². The van der Waals surface area contributed by atoms with Crippen LogP contribution in [0.15, 0.2) is 107 Å². The Balaban J connectivity index is 0.000000247. The third-order valence-electron chi connectivity index (χ3n) is 9.75. The summed E-state index contributed by atoms with van der Waals surface area (Å²) in [4.78, 5) is 25.4. The largest absolute Gasteiger partial charge is 0.418 e. The molecule has 0 unspecified atom stereocenters. The predicted molar refractivity (Wildman–Crippen MR) is 233 cm³/mol. The quantitative estimate of drug-likeness (QED) is 0.0753. The van der Waals surface area contributed by atoms with E-state index in [2.05, 4.69) is 10.6 Å². The van der Waals surface area contributed by atoms with Gasteiger partial charge in [0.15, 0.2) is 0 Å². The molecule has 0 atom stereocenters. The molecule has 66 heavy (non-hydrogen) atoms. The highest BCUT2D eigenvalue weighted by Crippen LogP contribution is 2.39. The summed E-state index contributed by atoms with van der Waals surface area (Å²) < 4.78 is 143. The number of alkyl halides is 7. The van der Waals surface area contributed by atoms with Gasteiger partial charge in [0.2, 0.25) is 20.0 Å². The predicted octanol–water partition coefficient (Wildman–Crippen LogP) is 8.76. The fourth-order valence-corrected chi connectivity index (χ4v) is 8.14. The van der Waals surface area contributed by atoms with Crippen LogP contribution in [0.3, 0.4) is 0 Å². The van der Waals surface area contributed by atoms with Crippen molar-refractivity contribution in [2.45, 2.75) is 48.8 Å². The second-order valence-corrected chi connectivity index (χ2v) is 18.2. The molecule has 0 aliphatic carbocycles. The topological polar surface area (TPSA) is 209 Å². The molecule has 6 aromatic rings. The van der Waals surface area contributed by atoms with Crippen molar-refractivity contribution in [3.05, 3.63) is 152 Å². The minimum absolute atomic E-state index is 0.00288. The van der Waals surface area contributed by atoms with Gasteiger partial charge in [-0.05, 0) is 111 Å². The fraction of sp³-hybridized carbons (Fsp3) is 0.190. The number of primary sulfonamides is 2. The molecule has 0 bridgehead atoms. The monoisotopic (exact) mass is 1000 g/mol. The average molecular weight is 1010 g/mol. The van der Waals surface area contributed by atoms with Crippen LogP contribution in [0.1, 0.15) is 54.6 Å². The number of nitrogens with one attached hydrogen (secondary N) is 2. The van der Waals surface area contributed by atoms with E-state index >= 15 is 0 Å². The van der Waals surface area contributed by atoms with Gasteiger partial charge in [0.25, 0.3) is 11.8 Å². The maximum atomic E-state index is 13.7. The lowest BCUT2D eigenvalue weighted by atomic mass is 10.1. The number of hydrogen-bond donors (Lipinski definition) is 5. The zero-order chi connectivity index (χ0) is 49.1. The highest BCUT2D eigenvalue weighted by atomic mass is 35.5. The molecule has 13 nitrogen and oxygen atoms in total. The van der Waals surface area contributed by atoms with E-state index in [4.69, 9.17) is 33.5 Å². The van der Waals surface area contributed by atoms with E-state index in [0.29, 0.717) is 0 Å². The first-order valence-electron chi connectivity index (χ1n) is 18.9. The number of nitrogens with zero attached hydrogens (tertiary/aromatic N) is 2. The van der Waals surface area contributed by atoms with Gasteiger partial charge < -0.3 is 24.9 Å². The molecule has 0 fully saturated rings. The molecular formula is C42H37Cl2F7N6O7S2. The molecule has 2 aromatic heterocycles. The van der Waals surface area contributed by atoms with Gasteiger partial charge in [0, 0.05) is 63.6 Å². The molecule has 352 valence electrons. The molecule has 4 aromatic carbocycles. The molecule has 2 heterocycles. The van der Waals surface area contributed by atoms with Crippen molar-refractivity contribution in [3.8, 4) is 11.4 Å². The molecular weight excluding hydrogens is 969 g/mol. The molecule has 0 radical (unpaired) electrons. The Morgan fingerprint density at radius 3 is 1.26 bits per heavy atom. The number of aromatic nitrogens is 2. The molecule has 0 saturated heterocycles. The van der Waals surface area contributed by atoms with E-state index in [-0.39, 0.29) is 95.9 Å². The number of aliphatic hydroxyl groups excluding tert-OH is 1. The van der Waals surface area contributed by atoms with Crippen LogP contribution >= 0.6 is 23.2 Å². The highest BCUT2D eigenvalue weighted by molar-refractivity contribution is 7.89. The summed E-state index contributed by atoms with van der Waals surface area (Å²) >= 11 is 11.5. The van der Waals surface area contributed by atoms with E-state index in [1.807, 2.05) is 0 Å². The zero-order valence-corrected chi connectivity index (χ0v) is 37.4. The van der Waals surface area contributed by atoms with Gasteiger partial charge in [-0.3, -0.25) is 14.0 Å². The smallest absolute Gasteiger partial charge is 0.396 e. The Labute approximate surface area is 382 Å². The SMILES string of the molecule is Cc1c(C(=O)Nc2ccc(S(N)(=O)=O)cc2)cc(CCF)n1-c1ccc(Cl)cc1C(F)(F)F.Cc1c(C(=O)Nc2ccc(S(N)(=O)=O)cc2)cc(CCO)n1-c1ccc(Cl)cc1C(F)(F)F. The zero-order valence-electron chi connectivity index (χ0n) is 34.2. The van der Waals surface area contributed by atoms with Crippen LogP contribution in [0, 0.1) is 13.8 Å². The Hall–Kier alpha value is -5.75. The molecule has 0 spiro atoms. The summed E-state index contributed by atoms with van der Waals surface area (Å²) in [6.45, 7) is 1.72. The van der Waals surface area contributed by atoms with Crippen molar-refractivity contribution in [2.75, 3.05) is 23.9 Å². The summed E-state index contributed by atoms with van der Waals surface area (Å²) in [6.07, 6.45) is -9.67. The molecule has 7 N–H and O–H groups in total. The summed E-state index contributed by atoms with van der Waals surface area (Å²) in [7, 11) is -7.82. The van der Waals surface area contributed by atoms with Crippen LogP contribution in [0.5, 0.6) is 0 Å². The maximum Gasteiger partial charge on any atom is 0.418 e. The van der Waals surface area contributed by atoms with Crippen LogP contribution in [0.4, 0.5) is 42.1 Å². The number of halogens is 9. The molecule has 0 saturated carbocycles. The number of sulfonamides is 2. The summed E-state index contributed by atoms with van der Waals surface area (Å²) in [5, 5.41) is 24.4. The molecule has 2 amide bonds. The second-order valence-electron chi connectivity index (χ2n) is 14.2. The number of amides is 2. The number of hydrogen-bond acceptors (Lipinski definition) is 7. The van der Waals surface area contributed by atoms with Gasteiger partial charge >= 0.3 is 12.4 Å². The normalized spacial score (nSPS) is 12.1. The number of carbonyl (C=O) groups excluding carboxylic acids is 2. The summed E-state index contributed by atoms with van der Waals surface area (Å²) in [5.74, 6) is -1.30. The van der Waals surface area contributed by atoms with Gasteiger partial charge in [-0.25, -0.2) is 27.1 Å². The van der Waals surface area contributed by atoms with E-state index in [9.17, 15) is 62.3 Å². The number of aryl methyl sites for hydroxylation is 1. The van der Waals surface area contributed by atoms with Crippen LogP contribution in [0.2, 0.25) is 10.0 Å². The number of carbonyl (C=O) groups is 2. The Bertz CT molecular complexity index is 2810. The molecule has 0 aliphatic heterocycles. The lowest BCUT2D eigenvalue weighted by molar-refractivity contribution is -0.138. The summed E-state index contributed by atoms with van der Waals surface area (Å²) in [5.41, 5.74) is -1.12. The molecule has 0 aliphatic rings. The van der Waals surface area contributed by atoms with Gasteiger partial charge in [0.05, 0.1) is 50.1 Å². The second kappa shape index (κ2) is 20.0. The Morgan fingerprint density at radius 2 is 0.955 bits per heavy atom. The standard InChI is InChI=1S/C21H18ClF4N3O3S.C21H19ClF3N3O4S/c1-12-17(20(30)28-14-3-5-16(6-4-14)33(27,31)32)11-15(8-9-23)29(12)19-7-2-13(22)10-18(19)21(24,25)26;1-12-17(20(30)27-14-3-5-16(6-4-14)33(26,31)32)11-15(8-9-29)28(12)19-7-2-13(22)10-18(19)21(23,24)25/h2-7,10-11H,8-9H2,1H3,(H,28,30)(H2,27,31,32);2-7,10-11,29H,8-9H2,1H3,(H,27,30)(H2,26,31,32). The van der Waals surface area contributed by atoms with Crippen molar-refractivity contribution in [2.24, 2.45) is 10.3 Å². The minimum Gasteiger partial charge on any atom is -0.396 e. The fourth-order valence-electron chi connectivity index (χ4n) is 6.77.